The predicted octanol–water partition coefficient (Wildman–Crippen LogP) is 1.76. The average Bonchev–Trinajstić information content (AvgIpc) is 2.60. The summed E-state index contributed by atoms with van der Waals surface area (Å²) < 4.78 is 9.78. The van der Waals surface area contributed by atoms with E-state index in [2.05, 4.69) is 6.58 Å². The standard InChI is InChI=1S/C13H18O5/c1-9(2)18-12(16)13(6-4-5-11(13)15)7-8-17-10(3)14/h1,4-8H2,2-3H3. The van der Waals surface area contributed by atoms with Crippen LogP contribution in [0.1, 0.15) is 39.5 Å². The molecule has 1 rings (SSSR count). The van der Waals surface area contributed by atoms with Crippen molar-refractivity contribution in [3.8, 4) is 0 Å². The molecule has 0 radical (unpaired) electrons. The molecule has 5 nitrogen and oxygen atoms in total. The highest BCUT2D eigenvalue weighted by Crippen LogP contribution is 2.39. The minimum atomic E-state index is -1.16. The third-order valence-electron chi connectivity index (χ3n) is 3.03. The van der Waals surface area contributed by atoms with E-state index in [-0.39, 0.29) is 24.6 Å². The van der Waals surface area contributed by atoms with Crippen LogP contribution in [0.15, 0.2) is 12.3 Å². The van der Waals surface area contributed by atoms with Crippen LogP contribution in [-0.2, 0) is 23.9 Å². The fraction of sp³-hybridized carbons (Fsp3) is 0.615. The molecule has 1 saturated carbocycles. The van der Waals surface area contributed by atoms with E-state index in [0.29, 0.717) is 19.3 Å². The van der Waals surface area contributed by atoms with Crippen LogP contribution < -0.4 is 0 Å². The highest BCUT2D eigenvalue weighted by Gasteiger charge is 2.49. The molecule has 0 saturated heterocycles. The first-order valence-electron chi connectivity index (χ1n) is 5.93. The summed E-state index contributed by atoms with van der Waals surface area (Å²) in [4.78, 5) is 34.7. The molecular formula is C13H18O5. The quantitative estimate of drug-likeness (QED) is 0.424. The molecule has 1 unspecified atom stereocenters. The maximum atomic E-state index is 12.0. The number of hydrogen-bond acceptors (Lipinski definition) is 5. The van der Waals surface area contributed by atoms with Crippen LogP contribution in [0.2, 0.25) is 0 Å². The van der Waals surface area contributed by atoms with Crippen molar-refractivity contribution in [1.82, 2.24) is 0 Å². The van der Waals surface area contributed by atoms with E-state index in [1.54, 1.807) is 6.92 Å². The van der Waals surface area contributed by atoms with E-state index in [9.17, 15) is 14.4 Å². The minimum Gasteiger partial charge on any atom is -0.466 e. The molecule has 0 bridgehead atoms. The van der Waals surface area contributed by atoms with Crippen LogP contribution in [-0.4, -0.2) is 24.3 Å². The monoisotopic (exact) mass is 254 g/mol. The van der Waals surface area contributed by atoms with Crippen molar-refractivity contribution >= 4 is 17.7 Å². The molecule has 0 amide bonds. The summed E-state index contributed by atoms with van der Waals surface area (Å²) in [5.74, 6) is -0.888. The molecule has 5 heteroatoms. The molecule has 0 aromatic heterocycles. The molecule has 0 N–H and O–H groups in total. The van der Waals surface area contributed by atoms with Gasteiger partial charge >= 0.3 is 11.9 Å². The first-order valence-corrected chi connectivity index (χ1v) is 5.93. The highest BCUT2D eigenvalue weighted by atomic mass is 16.5. The van der Waals surface area contributed by atoms with Crippen molar-refractivity contribution in [2.24, 2.45) is 5.41 Å². The Morgan fingerprint density at radius 2 is 2.06 bits per heavy atom. The van der Waals surface area contributed by atoms with Crippen LogP contribution >= 0.6 is 0 Å². The Morgan fingerprint density at radius 3 is 2.50 bits per heavy atom. The van der Waals surface area contributed by atoms with Gasteiger partial charge in [0.15, 0.2) is 0 Å². The van der Waals surface area contributed by atoms with Gasteiger partial charge in [-0.15, -0.1) is 0 Å². The number of Topliss-reactive ketones (excluding diaryl/α,β-unsaturated/α-hetero) is 1. The first kappa shape index (κ1) is 14.4. The summed E-state index contributed by atoms with van der Waals surface area (Å²) in [5.41, 5.74) is -1.16. The smallest absolute Gasteiger partial charge is 0.324 e. The maximum Gasteiger partial charge on any atom is 0.324 e. The second kappa shape index (κ2) is 5.80. The lowest BCUT2D eigenvalue weighted by atomic mass is 9.82. The van der Waals surface area contributed by atoms with Gasteiger partial charge in [-0.3, -0.25) is 14.4 Å². The summed E-state index contributed by atoms with van der Waals surface area (Å²) in [6, 6.07) is 0. The lowest BCUT2D eigenvalue weighted by molar-refractivity contribution is -0.158. The molecule has 0 heterocycles. The second-order valence-electron chi connectivity index (χ2n) is 4.54. The number of carbonyl (C=O) groups excluding carboxylic acids is 3. The topological polar surface area (TPSA) is 69.7 Å². The highest BCUT2D eigenvalue weighted by molar-refractivity contribution is 6.05. The molecule has 1 atom stereocenters. The van der Waals surface area contributed by atoms with Gasteiger partial charge in [-0.2, -0.15) is 0 Å². The van der Waals surface area contributed by atoms with Gasteiger partial charge in [0, 0.05) is 19.8 Å². The van der Waals surface area contributed by atoms with Crippen molar-refractivity contribution in [2.75, 3.05) is 6.61 Å². The Kier molecular flexibility index (Phi) is 4.64. The van der Waals surface area contributed by atoms with E-state index >= 15 is 0 Å². The van der Waals surface area contributed by atoms with Gasteiger partial charge in [-0.25, -0.2) is 0 Å². The number of carbonyl (C=O) groups is 3. The van der Waals surface area contributed by atoms with Gasteiger partial charge < -0.3 is 9.47 Å². The SMILES string of the molecule is C=C(C)OC(=O)C1(CCOC(C)=O)CCCC1=O. The van der Waals surface area contributed by atoms with Crippen LogP contribution in [0, 0.1) is 5.41 Å². The molecular weight excluding hydrogens is 236 g/mol. The lowest BCUT2D eigenvalue weighted by Crippen LogP contribution is -2.38. The van der Waals surface area contributed by atoms with Crippen LogP contribution in [0.3, 0.4) is 0 Å². The van der Waals surface area contributed by atoms with Gasteiger partial charge in [0.1, 0.15) is 11.2 Å². The third kappa shape index (κ3) is 3.18. The summed E-state index contributed by atoms with van der Waals surface area (Å²) in [6.07, 6.45) is 1.65. The van der Waals surface area contributed by atoms with Gasteiger partial charge in [0.2, 0.25) is 0 Å². The Bertz CT molecular complexity index is 385. The summed E-state index contributed by atoms with van der Waals surface area (Å²) >= 11 is 0. The predicted molar refractivity (Wildman–Crippen MR) is 63.4 cm³/mol. The van der Waals surface area contributed by atoms with E-state index in [4.69, 9.17) is 9.47 Å². The van der Waals surface area contributed by atoms with Gasteiger partial charge in [0.05, 0.1) is 12.4 Å². The van der Waals surface area contributed by atoms with E-state index < -0.39 is 17.4 Å². The summed E-state index contributed by atoms with van der Waals surface area (Å²) in [7, 11) is 0. The number of ketones is 1. The zero-order valence-corrected chi connectivity index (χ0v) is 10.8. The van der Waals surface area contributed by atoms with Crippen molar-refractivity contribution < 1.29 is 23.9 Å². The third-order valence-corrected chi connectivity index (χ3v) is 3.03. The Morgan fingerprint density at radius 1 is 1.39 bits per heavy atom. The van der Waals surface area contributed by atoms with Gasteiger partial charge in [-0.05, 0) is 19.8 Å². The van der Waals surface area contributed by atoms with E-state index in [1.807, 2.05) is 0 Å². The largest absolute Gasteiger partial charge is 0.466 e. The molecule has 1 fully saturated rings. The zero-order valence-electron chi connectivity index (χ0n) is 10.8. The second-order valence-corrected chi connectivity index (χ2v) is 4.54. The Hall–Kier alpha value is -1.65. The zero-order chi connectivity index (χ0) is 13.8. The number of allylic oxidation sites excluding steroid dienone is 1. The molecule has 0 aromatic carbocycles. The van der Waals surface area contributed by atoms with Gasteiger partial charge in [0.25, 0.3) is 0 Å². The van der Waals surface area contributed by atoms with E-state index in [0.717, 1.165) is 0 Å². The fourth-order valence-corrected chi connectivity index (χ4v) is 2.14. The van der Waals surface area contributed by atoms with Crippen LogP contribution in [0.5, 0.6) is 0 Å². The van der Waals surface area contributed by atoms with Crippen molar-refractivity contribution in [3.63, 3.8) is 0 Å². The number of hydrogen-bond donors (Lipinski definition) is 0. The van der Waals surface area contributed by atoms with Crippen molar-refractivity contribution in [3.05, 3.63) is 12.3 Å². The molecule has 0 aromatic rings. The minimum absolute atomic E-state index is 0.0480. The number of ether oxygens (including phenoxy) is 2. The summed E-state index contributed by atoms with van der Waals surface area (Å²) in [5, 5.41) is 0. The molecule has 0 spiro atoms. The summed E-state index contributed by atoms with van der Waals surface area (Å²) in [6.45, 7) is 6.38. The molecule has 1 aliphatic carbocycles. The molecule has 1 aliphatic rings. The fourth-order valence-electron chi connectivity index (χ4n) is 2.14. The van der Waals surface area contributed by atoms with E-state index in [1.165, 1.54) is 6.92 Å². The molecule has 18 heavy (non-hydrogen) atoms. The molecule has 0 aliphatic heterocycles. The number of esters is 2. The van der Waals surface area contributed by atoms with Crippen molar-refractivity contribution in [2.45, 2.75) is 39.5 Å². The number of rotatable bonds is 5. The average molecular weight is 254 g/mol. The Balaban J connectivity index is 2.76. The maximum absolute atomic E-state index is 12.0. The van der Waals surface area contributed by atoms with Crippen LogP contribution in [0.25, 0.3) is 0 Å². The normalized spacial score (nSPS) is 22.7. The van der Waals surface area contributed by atoms with Crippen LogP contribution in [0.4, 0.5) is 0 Å². The lowest BCUT2D eigenvalue weighted by Gasteiger charge is -2.24. The first-order chi connectivity index (χ1) is 8.38. The van der Waals surface area contributed by atoms with Crippen molar-refractivity contribution in [1.29, 1.82) is 0 Å². The molecule has 100 valence electrons. The van der Waals surface area contributed by atoms with Gasteiger partial charge in [-0.1, -0.05) is 6.58 Å². The Labute approximate surface area is 106 Å².